The predicted molar refractivity (Wildman–Crippen MR) is 148 cm³/mol. The molecule has 40 heavy (non-hydrogen) atoms. The Morgan fingerprint density at radius 1 is 1.00 bits per heavy atom. The molecule has 0 saturated carbocycles. The summed E-state index contributed by atoms with van der Waals surface area (Å²) in [5, 5.41) is 12.7. The number of amides is 2. The van der Waals surface area contributed by atoms with E-state index >= 15 is 0 Å². The first kappa shape index (κ1) is 28.6. The Morgan fingerprint density at radius 2 is 1.80 bits per heavy atom. The van der Waals surface area contributed by atoms with E-state index in [1.807, 2.05) is 6.92 Å². The Hall–Kier alpha value is -4.38. The topological polar surface area (TPSA) is 145 Å². The van der Waals surface area contributed by atoms with Crippen LogP contribution in [0, 0.1) is 6.92 Å². The van der Waals surface area contributed by atoms with Crippen LogP contribution in [0.15, 0.2) is 41.1 Å². The summed E-state index contributed by atoms with van der Waals surface area (Å²) in [4.78, 5) is 32.2. The largest absolute Gasteiger partial charge is 0.493 e. The zero-order chi connectivity index (χ0) is 28.5. The first-order valence-electron chi connectivity index (χ1n) is 13.3. The van der Waals surface area contributed by atoms with Crippen LogP contribution < -0.4 is 25.0 Å². The molecule has 0 radical (unpaired) electrons. The lowest BCUT2D eigenvalue weighted by molar-refractivity contribution is -0.129. The predicted octanol–water partition coefficient (Wildman–Crippen LogP) is 5.46. The number of aryl methyl sites for hydroxylation is 1. The molecule has 0 aliphatic heterocycles. The number of fused-ring (bicyclic) bond motifs is 2. The van der Waals surface area contributed by atoms with Gasteiger partial charge in [0, 0.05) is 30.5 Å². The first-order valence-corrected chi connectivity index (χ1v) is 13.3. The maximum absolute atomic E-state index is 12.5. The van der Waals surface area contributed by atoms with Crippen LogP contribution in [-0.4, -0.2) is 47.3 Å². The lowest BCUT2D eigenvalue weighted by Gasteiger charge is -2.13. The maximum atomic E-state index is 12.5. The van der Waals surface area contributed by atoms with Crippen molar-refractivity contribution in [3.8, 4) is 23.1 Å². The van der Waals surface area contributed by atoms with Crippen LogP contribution >= 0.6 is 0 Å². The van der Waals surface area contributed by atoms with Crippen molar-refractivity contribution in [1.29, 1.82) is 0 Å². The molecule has 0 fully saturated rings. The van der Waals surface area contributed by atoms with Gasteiger partial charge in [0.25, 0.3) is 5.91 Å². The molecule has 4 aromatic rings. The lowest BCUT2D eigenvalue weighted by Crippen LogP contribution is -2.22. The summed E-state index contributed by atoms with van der Waals surface area (Å²) in [5.74, 6) is 1.95. The summed E-state index contributed by atoms with van der Waals surface area (Å²) in [6.07, 6.45) is 6.13. The SMILES string of the molecule is CCNC(=O)c1c(C)oc2cc(Oc3ncnc4cc(OC)c(OCCCCCCCC(=O)NO)cc34)ccc12. The quantitative estimate of drug-likeness (QED) is 0.106. The number of rotatable bonds is 14. The molecular formula is C29H34N4O7. The van der Waals surface area contributed by atoms with Gasteiger partial charge in [0.2, 0.25) is 11.8 Å². The fourth-order valence-electron chi connectivity index (χ4n) is 4.46. The highest BCUT2D eigenvalue weighted by molar-refractivity contribution is 6.07. The number of nitrogens with one attached hydrogen (secondary N) is 2. The molecule has 0 aliphatic carbocycles. The van der Waals surface area contributed by atoms with Crippen molar-refractivity contribution < 1.29 is 33.4 Å². The fourth-order valence-corrected chi connectivity index (χ4v) is 4.46. The molecule has 0 aliphatic rings. The number of hydrogen-bond acceptors (Lipinski definition) is 9. The van der Waals surface area contributed by atoms with Gasteiger partial charge in [0.1, 0.15) is 23.4 Å². The van der Waals surface area contributed by atoms with Crippen LogP contribution in [0.25, 0.3) is 21.9 Å². The zero-order valence-electron chi connectivity index (χ0n) is 22.9. The van der Waals surface area contributed by atoms with Crippen LogP contribution in [0.5, 0.6) is 23.1 Å². The van der Waals surface area contributed by atoms with E-state index in [1.165, 1.54) is 6.33 Å². The highest BCUT2D eigenvalue weighted by Gasteiger charge is 2.19. The third-order valence-corrected chi connectivity index (χ3v) is 6.43. The number of furan rings is 1. The summed E-state index contributed by atoms with van der Waals surface area (Å²) in [6, 6.07) is 8.89. The number of aromatic nitrogens is 2. The number of carbonyl (C=O) groups is 2. The number of benzene rings is 2. The summed E-state index contributed by atoms with van der Waals surface area (Å²) in [5.41, 5.74) is 3.33. The molecule has 11 heteroatoms. The van der Waals surface area contributed by atoms with Crippen molar-refractivity contribution in [2.45, 2.75) is 52.4 Å². The van der Waals surface area contributed by atoms with Crippen LogP contribution in [0.2, 0.25) is 0 Å². The summed E-state index contributed by atoms with van der Waals surface area (Å²) >= 11 is 0. The summed E-state index contributed by atoms with van der Waals surface area (Å²) in [6.45, 7) is 4.64. The van der Waals surface area contributed by atoms with Gasteiger partial charge in [-0.25, -0.2) is 15.4 Å². The van der Waals surface area contributed by atoms with Crippen molar-refractivity contribution in [3.05, 3.63) is 48.0 Å². The molecule has 0 unspecified atom stereocenters. The molecule has 2 aromatic heterocycles. The molecule has 4 rings (SSSR count). The smallest absolute Gasteiger partial charge is 0.255 e. The highest BCUT2D eigenvalue weighted by Crippen LogP contribution is 2.37. The van der Waals surface area contributed by atoms with E-state index < -0.39 is 0 Å². The monoisotopic (exact) mass is 550 g/mol. The minimum Gasteiger partial charge on any atom is -0.493 e. The fraction of sp³-hybridized carbons (Fsp3) is 0.379. The molecule has 2 aromatic carbocycles. The molecule has 212 valence electrons. The lowest BCUT2D eigenvalue weighted by atomic mass is 10.1. The average molecular weight is 551 g/mol. The molecule has 0 spiro atoms. The van der Waals surface area contributed by atoms with Gasteiger partial charge >= 0.3 is 0 Å². The second-order valence-electron chi connectivity index (χ2n) is 9.25. The normalized spacial score (nSPS) is 11.0. The van der Waals surface area contributed by atoms with Crippen molar-refractivity contribution in [2.75, 3.05) is 20.3 Å². The van der Waals surface area contributed by atoms with Gasteiger partial charge in [0.15, 0.2) is 11.5 Å². The van der Waals surface area contributed by atoms with Crippen molar-refractivity contribution in [1.82, 2.24) is 20.8 Å². The molecule has 2 amide bonds. The van der Waals surface area contributed by atoms with E-state index in [0.717, 1.165) is 32.1 Å². The van der Waals surface area contributed by atoms with Crippen molar-refractivity contribution in [2.24, 2.45) is 0 Å². The second-order valence-corrected chi connectivity index (χ2v) is 9.25. The Labute approximate surface area is 231 Å². The number of methoxy groups -OCH3 is 1. The standard InChI is InChI=1S/C29H34N4O7/c1-4-30-28(35)27-18(2)39-23-14-19(11-12-20(23)27)40-29-21-15-25(24(37-3)16-22(21)31-17-32-29)38-13-9-7-5-6-8-10-26(34)33-36/h11-12,14-17,36H,4-10,13H2,1-3H3,(H,30,35)(H,33,34). The van der Waals surface area contributed by atoms with Gasteiger partial charge in [-0.05, 0) is 44.9 Å². The van der Waals surface area contributed by atoms with Gasteiger partial charge < -0.3 is 23.9 Å². The van der Waals surface area contributed by atoms with Gasteiger partial charge in [-0.3, -0.25) is 14.8 Å². The highest BCUT2D eigenvalue weighted by atomic mass is 16.5. The third kappa shape index (κ3) is 6.78. The maximum Gasteiger partial charge on any atom is 0.255 e. The van der Waals surface area contributed by atoms with Crippen molar-refractivity contribution in [3.63, 3.8) is 0 Å². The number of hydroxylamine groups is 1. The number of nitrogens with zero attached hydrogens (tertiary/aromatic N) is 2. The Morgan fingerprint density at radius 3 is 2.58 bits per heavy atom. The molecular weight excluding hydrogens is 516 g/mol. The van der Waals surface area contributed by atoms with Gasteiger partial charge in [0.05, 0.1) is 30.2 Å². The molecule has 0 atom stereocenters. The van der Waals surface area contributed by atoms with Gasteiger partial charge in [-0.2, -0.15) is 0 Å². The van der Waals surface area contributed by atoms with Gasteiger partial charge in [-0.1, -0.05) is 19.3 Å². The second kappa shape index (κ2) is 13.6. The van der Waals surface area contributed by atoms with E-state index in [2.05, 4.69) is 15.3 Å². The van der Waals surface area contributed by atoms with Gasteiger partial charge in [-0.15, -0.1) is 0 Å². The number of carbonyl (C=O) groups excluding carboxylic acids is 2. The van der Waals surface area contributed by atoms with E-state index in [0.29, 0.717) is 75.9 Å². The summed E-state index contributed by atoms with van der Waals surface area (Å²) < 4.78 is 23.5. The van der Waals surface area contributed by atoms with E-state index in [9.17, 15) is 9.59 Å². The number of unbranched alkanes of at least 4 members (excludes halogenated alkanes) is 4. The van der Waals surface area contributed by atoms with Crippen LogP contribution in [-0.2, 0) is 4.79 Å². The summed E-state index contributed by atoms with van der Waals surface area (Å²) in [7, 11) is 1.57. The van der Waals surface area contributed by atoms with E-state index in [1.54, 1.807) is 49.8 Å². The Kier molecular flexibility index (Phi) is 9.74. The molecule has 0 saturated heterocycles. The van der Waals surface area contributed by atoms with Crippen LogP contribution in [0.3, 0.4) is 0 Å². The average Bonchev–Trinajstić information content (AvgIpc) is 3.29. The van der Waals surface area contributed by atoms with Crippen molar-refractivity contribution >= 4 is 33.7 Å². The Bertz CT molecular complexity index is 1480. The zero-order valence-corrected chi connectivity index (χ0v) is 22.9. The number of hydrogen-bond donors (Lipinski definition) is 3. The third-order valence-electron chi connectivity index (χ3n) is 6.43. The molecule has 2 heterocycles. The Balaban J connectivity index is 1.46. The first-order chi connectivity index (χ1) is 19.4. The number of ether oxygens (including phenoxy) is 3. The van der Waals surface area contributed by atoms with Crippen LogP contribution in [0.4, 0.5) is 0 Å². The van der Waals surface area contributed by atoms with Crippen LogP contribution in [0.1, 0.15) is 61.6 Å². The molecule has 3 N–H and O–H groups in total. The van der Waals surface area contributed by atoms with E-state index in [-0.39, 0.29) is 11.8 Å². The minimum absolute atomic E-state index is 0.178. The minimum atomic E-state index is -0.360. The molecule has 11 nitrogen and oxygen atoms in total. The van der Waals surface area contributed by atoms with E-state index in [4.69, 9.17) is 23.8 Å². The molecule has 0 bridgehead atoms.